The molecule has 3 nitrogen and oxygen atoms in total. The van der Waals surface area contributed by atoms with Crippen molar-refractivity contribution in [2.45, 2.75) is 18.9 Å². The monoisotopic (exact) mass is 310 g/mol. The van der Waals surface area contributed by atoms with Gasteiger partial charge in [0.1, 0.15) is 0 Å². The van der Waals surface area contributed by atoms with E-state index in [0.717, 1.165) is 35.1 Å². The van der Waals surface area contributed by atoms with Crippen molar-refractivity contribution in [3.05, 3.63) is 28.2 Å². The van der Waals surface area contributed by atoms with E-state index in [1.807, 2.05) is 18.2 Å². The summed E-state index contributed by atoms with van der Waals surface area (Å²) in [6.45, 7) is 2.03. The quantitative estimate of drug-likeness (QED) is 0.802. The SMILES string of the molecule is CN(C)C1CCCN(c2ccc(Br)cc2C=O)C1. The zero-order chi connectivity index (χ0) is 13.1. The van der Waals surface area contributed by atoms with Gasteiger partial charge in [-0.25, -0.2) is 0 Å². The molecule has 0 spiro atoms. The lowest BCUT2D eigenvalue weighted by Gasteiger charge is -2.38. The number of halogens is 1. The number of hydrogen-bond donors (Lipinski definition) is 0. The fraction of sp³-hybridized carbons (Fsp3) is 0.500. The van der Waals surface area contributed by atoms with Crippen LogP contribution < -0.4 is 4.90 Å². The van der Waals surface area contributed by atoms with Crippen molar-refractivity contribution in [3.63, 3.8) is 0 Å². The first-order chi connectivity index (χ1) is 8.61. The van der Waals surface area contributed by atoms with Crippen molar-refractivity contribution < 1.29 is 4.79 Å². The Morgan fingerprint density at radius 1 is 1.44 bits per heavy atom. The lowest BCUT2D eigenvalue weighted by atomic mass is 10.0. The minimum Gasteiger partial charge on any atom is -0.369 e. The summed E-state index contributed by atoms with van der Waals surface area (Å²) in [5.74, 6) is 0. The summed E-state index contributed by atoms with van der Waals surface area (Å²) in [4.78, 5) is 15.8. The van der Waals surface area contributed by atoms with Crippen molar-refractivity contribution in [2.75, 3.05) is 32.1 Å². The second-order valence-corrected chi connectivity index (χ2v) is 5.94. The molecule has 1 aromatic carbocycles. The van der Waals surface area contributed by atoms with Gasteiger partial charge < -0.3 is 9.80 Å². The zero-order valence-electron chi connectivity index (χ0n) is 10.9. The molecule has 1 fully saturated rings. The Labute approximate surface area is 117 Å². The number of benzene rings is 1. The summed E-state index contributed by atoms with van der Waals surface area (Å²) in [6.07, 6.45) is 3.35. The molecule has 4 heteroatoms. The van der Waals surface area contributed by atoms with E-state index in [0.29, 0.717) is 6.04 Å². The predicted molar refractivity (Wildman–Crippen MR) is 78.5 cm³/mol. The first kappa shape index (κ1) is 13.6. The number of aldehydes is 1. The van der Waals surface area contributed by atoms with Crippen molar-refractivity contribution in [1.29, 1.82) is 0 Å². The molecule has 0 radical (unpaired) electrons. The number of carbonyl (C=O) groups is 1. The number of carbonyl (C=O) groups excluding carboxylic acids is 1. The van der Waals surface area contributed by atoms with Crippen LogP contribution in [0.2, 0.25) is 0 Å². The lowest BCUT2D eigenvalue weighted by Crippen LogP contribution is -2.45. The van der Waals surface area contributed by atoms with Crippen LogP contribution in [-0.2, 0) is 0 Å². The van der Waals surface area contributed by atoms with Crippen molar-refractivity contribution in [1.82, 2.24) is 4.90 Å². The molecule has 1 aliphatic rings. The fourth-order valence-electron chi connectivity index (χ4n) is 2.50. The summed E-state index contributed by atoms with van der Waals surface area (Å²) in [7, 11) is 4.24. The van der Waals surface area contributed by atoms with E-state index in [4.69, 9.17) is 0 Å². The van der Waals surface area contributed by atoms with Gasteiger partial charge in [-0.15, -0.1) is 0 Å². The van der Waals surface area contributed by atoms with Crippen LogP contribution in [0.3, 0.4) is 0 Å². The molecule has 1 atom stereocenters. The average Bonchev–Trinajstić information content (AvgIpc) is 2.38. The summed E-state index contributed by atoms with van der Waals surface area (Å²) in [6, 6.07) is 6.50. The van der Waals surface area contributed by atoms with Crippen molar-refractivity contribution in [2.24, 2.45) is 0 Å². The molecule has 0 bridgehead atoms. The van der Waals surface area contributed by atoms with Gasteiger partial charge in [0, 0.05) is 34.9 Å². The van der Waals surface area contributed by atoms with Gasteiger partial charge in [0.25, 0.3) is 0 Å². The molecular formula is C14H19BrN2O. The molecule has 2 rings (SSSR count). The summed E-state index contributed by atoms with van der Waals surface area (Å²) in [5.41, 5.74) is 1.82. The van der Waals surface area contributed by atoms with Crippen LogP contribution in [0.1, 0.15) is 23.2 Å². The molecule has 1 heterocycles. The molecule has 1 unspecified atom stereocenters. The summed E-state index contributed by atoms with van der Waals surface area (Å²) < 4.78 is 0.953. The van der Waals surface area contributed by atoms with Gasteiger partial charge in [0.05, 0.1) is 0 Å². The number of nitrogens with zero attached hydrogens (tertiary/aromatic N) is 2. The highest BCUT2D eigenvalue weighted by Gasteiger charge is 2.22. The second kappa shape index (κ2) is 5.85. The molecule has 0 aliphatic carbocycles. The Morgan fingerprint density at radius 2 is 2.22 bits per heavy atom. The van der Waals surface area contributed by atoms with Gasteiger partial charge in [0.2, 0.25) is 0 Å². The van der Waals surface area contributed by atoms with Crippen LogP contribution >= 0.6 is 15.9 Å². The fourth-order valence-corrected chi connectivity index (χ4v) is 2.88. The maximum absolute atomic E-state index is 11.2. The van der Waals surface area contributed by atoms with Gasteiger partial charge >= 0.3 is 0 Å². The normalized spacial score (nSPS) is 20.2. The topological polar surface area (TPSA) is 23.6 Å². The maximum atomic E-state index is 11.2. The molecule has 1 saturated heterocycles. The molecule has 1 aromatic rings. The third-order valence-electron chi connectivity index (χ3n) is 3.58. The third kappa shape index (κ3) is 2.93. The smallest absolute Gasteiger partial charge is 0.152 e. The number of rotatable bonds is 3. The molecule has 0 saturated carbocycles. The predicted octanol–water partition coefficient (Wildman–Crippen LogP) is 2.79. The Morgan fingerprint density at radius 3 is 2.89 bits per heavy atom. The maximum Gasteiger partial charge on any atom is 0.152 e. The van der Waals surface area contributed by atoms with Crippen LogP contribution in [0.5, 0.6) is 0 Å². The van der Waals surface area contributed by atoms with E-state index < -0.39 is 0 Å². The van der Waals surface area contributed by atoms with Crippen LogP contribution in [0.25, 0.3) is 0 Å². The van der Waals surface area contributed by atoms with E-state index in [1.54, 1.807) is 0 Å². The molecule has 0 amide bonds. The van der Waals surface area contributed by atoms with Gasteiger partial charge in [-0.05, 0) is 45.1 Å². The Hall–Kier alpha value is -0.870. The highest BCUT2D eigenvalue weighted by molar-refractivity contribution is 9.10. The largest absolute Gasteiger partial charge is 0.369 e. The molecule has 98 valence electrons. The van der Waals surface area contributed by atoms with E-state index in [-0.39, 0.29) is 0 Å². The third-order valence-corrected chi connectivity index (χ3v) is 4.08. The van der Waals surface area contributed by atoms with Gasteiger partial charge in [-0.2, -0.15) is 0 Å². The molecule has 0 N–H and O–H groups in total. The Balaban J connectivity index is 2.23. The van der Waals surface area contributed by atoms with Gasteiger partial charge in [-0.3, -0.25) is 4.79 Å². The van der Waals surface area contributed by atoms with E-state index >= 15 is 0 Å². The second-order valence-electron chi connectivity index (χ2n) is 5.03. The standard InChI is InChI=1S/C14H19BrN2O/c1-16(2)13-4-3-7-17(9-13)14-6-5-12(15)8-11(14)10-18/h5-6,8,10,13H,3-4,7,9H2,1-2H3. The number of anilines is 1. The van der Waals surface area contributed by atoms with Crippen molar-refractivity contribution >= 4 is 27.9 Å². The van der Waals surface area contributed by atoms with Crippen LogP contribution in [0.4, 0.5) is 5.69 Å². The van der Waals surface area contributed by atoms with Gasteiger partial charge in [0.15, 0.2) is 6.29 Å². The molecular weight excluding hydrogens is 292 g/mol. The molecule has 18 heavy (non-hydrogen) atoms. The lowest BCUT2D eigenvalue weighted by molar-refractivity contribution is 0.112. The van der Waals surface area contributed by atoms with Gasteiger partial charge in [-0.1, -0.05) is 15.9 Å². The summed E-state index contributed by atoms with van der Waals surface area (Å²) >= 11 is 3.41. The van der Waals surface area contributed by atoms with Crippen LogP contribution in [-0.4, -0.2) is 44.4 Å². The minimum absolute atomic E-state index is 0.571. The molecule has 0 aromatic heterocycles. The Bertz CT molecular complexity index is 434. The highest BCUT2D eigenvalue weighted by atomic mass is 79.9. The van der Waals surface area contributed by atoms with E-state index in [2.05, 4.69) is 39.8 Å². The average molecular weight is 311 g/mol. The zero-order valence-corrected chi connectivity index (χ0v) is 12.5. The van der Waals surface area contributed by atoms with Crippen LogP contribution in [0, 0.1) is 0 Å². The number of likely N-dealkylation sites (N-methyl/N-ethyl adjacent to an activating group) is 1. The molecule has 1 aliphatic heterocycles. The number of hydrogen-bond acceptors (Lipinski definition) is 3. The van der Waals surface area contributed by atoms with Crippen molar-refractivity contribution in [3.8, 4) is 0 Å². The number of piperidine rings is 1. The Kier molecular flexibility index (Phi) is 4.40. The van der Waals surface area contributed by atoms with Crippen LogP contribution in [0.15, 0.2) is 22.7 Å². The van der Waals surface area contributed by atoms with E-state index in [9.17, 15) is 4.79 Å². The summed E-state index contributed by atoms with van der Waals surface area (Å²) in [5, 5.41) is 0. The highest BCUT2D eigenvalue weighted by Crippen LogP contribution is 2.26. The first-order valence-electron chi connectivity index (χ1n) is 6.28. The first-order valence-corrected chi connectivity index (χ1v) is 7.07. The van der Waals surface area contributed by atoms with E-state index in [1.165, 1.54) is 12.8 Å². The minimum atomic E-state index is 0.571.